The minimum Gasteiger partial charge on any atom is -0.497 e. The molecule has 0 unspecified atom stereocenters. The fraction of sp³-hybridized carbons (Fsp3) is 0.167. The van der Waals surface area contributed by atoms with Gasteiger partial charge in [0.15, 0.2) is 5.16 Å². The Morgan fingerprint density at radius 2 is 1.68 bits per heavy atom. The Morgan fingerprint density at radius 3 is 2.43 bits per heavy atom. The number of thioether (sulfide) groups is 1. The van der Waals surface area contributed by atoms with Crippen molar-refractivity contribution in [3.05, 3.63) is 120 Å². The zero-order valence-electron chi connectivity index (χ0n) is 20.6. The van der Waals surface area contributed by atoms with Gasteiger partial charge in [0.05, 0.1) is 30.9 Å². The topological polar surface area (TPSA) is 69.0 Å². The Hall–Kier alpha value is -4.10. The Bertz CT molecular complexity index is 1470. The molecule has 0 aliphatic carbocycles. The second kappa shape index (κ2) is 11.8. The number of fused-ring (bicyclic) bond motifs is 1. The quantitative estimate of drug-likeness (QED) is 0.243. The molecular formula is C30H28N4O2S. The molecule has 5 aromatic rings. The molecule has 2 heterocycles. The molecular weight excluding hydrogens is 480 g/mol. The Labute approximate surface area is 220 Å². The number of hydrogen-bond donors (Lipinski definition) is 1. The fourth-order valence-electron chi connectivity index (χ4n) is 4.09. The van der Waals surface area contributed by atoms with E-state index in [1.54, 1.807) is 25.1 Å². The van der Waals surface area contributed by atoms with Crippen molar-refractivity contribution in [2.75, 3.05) is 13.7 Å². The molecule has 0 bridgehead atoms. The SMILES string of the molecule is COc1ccc(CSc2nc3ccncc3n2Cc2ccc(C(=O)NCCc3ccccc3)cc2)cc1. The van der Waals surface area contributed by atoms with Crippen LogP contribution in [0.4, 0.5) is 0 Å². The van der Waals surface area contributed by atoms with Crippen molar-refractivity contribution in [3.63, 3.8) is 0 Å². The predicted octanol–water partition coefficient (Wildman–Crippen LogP) is 5.75. The maximum absolute atomic E-state index is 12.6. The summed E-state index contributed by atoms with van der Waals surface area (Å²) in [7, 11) is 1.67. The lowest BCUT2D eigenvalue weighted by atomic mass is 10.1. The van der Waals surface area contributed by atoms with E-state index in [0.29, 0.717) is 18.7 Å². The van der Waals surface area contributed by atoms with Crippen LogP contribution in [0.2, 0.25) is 0 Å². The summed E-state index contributed by atoms with van der Waals surface area (Å²) < 4.78 is 7.45. The summed E-state index contributed by atoms with van der Waals surface area (Å²) >= 11 is 1.69. The number of carbonyl (C=O) groups is 1. The number of hydrogen-bond acceptors (Lipinski definition) is 5. The van der Waals surface area contributed by atoms with Gasteiger partial charge in [-0.3, -0.25) is 9.78 Å². The molecule has 2 aromatic heterocycles. The third kappa shape index (κ3) is 6.19. The van der Waals surface area contributed by atoms with Gasteiger partial charge in [-0.25, -0.2) is 4.98 Å². The lowest BCUT2D eigenvalue weighted by Gasteiger charge is -2.10. The van der Waals surface area contributed by atoms with Crippen molar-refractivity contribution in [3.8, 4) is 5.75 Å². The van der Waals surface area contributed by atoms with E-state index in [1.165, 1.54) is 11.1 Å². The van der Waals surface area contributed by atoms with Crippen molar-refractivity contribution in [1.82, 2.24) is 19.9 Å². The van der Waals surface area contributed by atoms with Crippen LogP contribution in [0.1, 0.15) is 27.0 Å². The predicted molar refractivity (Wildman–Crippen MR) is 148 cm³/mol. The van der Waals surface area contributed by atoms with Gasteiger partial charge in [-0.2, -0.15) is 0 Å². The molecule has 0 radical (unpaired) electrons. The number of aromatic nitrogens is 3. The van der Waals surface area contributed by atoms with E-state index in [4.69, 9.17) is 9.72 Å². The second-order valence-electron chi connectivity index (χ2n) is 8.67. The van der Waals surface area contributed by atoms with E-state index < -0.39 is 0 Å². The monoisotopic (exact) mass is 508 g/mol. The molecule has 0 saturated heterocycles. The number of amides is 1. The molecule has 0 spiro atoms. The molecule has 7 heteroatoms. The smallest absolute Gasteiger partial charge is 0.251 e. The first-order valence-corrected chi connectivity index (χ1v) is 13.2. The number of pyridine rings is 1. The van der Waals surface area contributed by atoms with Gasteiger partial charge in [-0.05, 0) is 53.4 Å². The average Bonchev–Trinajstić information content (AvgIpc) is 3.30. The molecule has 37 heavy (non-hydrogen) atoms. The molecule has 0 aliphatic heterocycles. The van der Waals surface area contributed by atoms with Crippen LogP contribution in [0.15, 0.2) is 102 Å². The first kappa shape index (κ1) is 24.6. The van der Waals surface area contributed by atoms with Crippen LogP contribution in [0.25, 0.3) is 11.0 Å². The first-order valence-electron chi connectivity index (χ1n) is 12.2. The van der Waals surface area contributed by atoms with E-state index in [9.17, 15) is 4.79 Å². The van der Waals surface area contributed by atoms with E-state index >= 15 is 0 Å². The van der Waals surface area contributed by atoms with Gasteiger partial charge in [-0.1, -0.05) is 66.4 Å². The summed E-state index contributed by atoms with van der Waals surface area (Å²) in [6, 6.07) is 28.0. The number of nitrogens with zero attached hydrogens (tertiary/aromatic N) is 3. The normalized spacial score (nSPS) is 10.9. The highest BCUT2D eigenvalue weighted by molar-refractivity contribution is 7.98. The summed E-state index contributed by atoms with van der Waals surface area (Å²) in [5.74, 6) is 1.58. The molecule has 186 valence electrons. The van der Waals surface area contributed by atoms with Gasteiger partial charge in [0.1, 0.15) is 5.75 Å². The van der Waals surface area contributed by atoms with E-state index in [0.717, 1.165) is 39.7 Å². The first-order chi connectivity index (χ1) is 18.2. The number of rotatable bonds is 10. The lowest BCUT2D eigenvalue weighted by Crippen LogP contribution is -2.25. The Balaban J connectivity index is 1.26. The fourth-order valence-corrected chi connectivity index (χ4v) is 5.06. The number of carbonyl (C=O) groups excluding carboxylic acids is 1. The molecule has 6 nitrogen and oxygen atoms in total. The highest BCUT2D eigenvalue weighted by Gasteiger charge is 2.13. The van der Waals surface area contributed by atoms with E-state index in [1.807, 2.05) is 66.9 Å². The minimum atomic E-state index is -0.0597. The third-order valence-corrected chi connectivity index (χ3v) is 7.19. The van der Waals surface area contributed by atoms with Gasteiger partial charge >= 0.3 is 0 Å². The van der Waals surface area contributed by atoms with E-state index in [-0.39, 0.29) is 5.91 Å². The molecule has 0 atom stereocenters. The molecule has 1 N–H and O–H groups in total. The standard InChI is InChI=1S/C30H28N4O2S/c1-36-26-13-9-24(10-14-26)21-37-30-33-27-16-17-31-19-28(27)34(30)20-23-7-11-25(12-8-23)29(35)32-18-15-22-5-3-2-4-6-22/h2-14,16-17,19H,15,18,20-21H2,1H3,(H,32,35). The van der Waals surface area contributed by atoms with Crippen LogP contribution < -0.4 is 10.1 Å². The van der Waals surface area contributed by atoms with Gasteiger partial charge in [0.25, 0.3) is 5.91 Å². The van der Waals surface area contributed by atoms with E-state index in [2.05, 4.69) is 39.1 Å². The zero-order valence-corrected chi connectivity index (χ0v) is 21.4. The highest BCUT2D eigenvalue weighted by atomic mass is 32.2. The number of benzene rings is 3. The molecule has 3 aromatic carbocycles. The Kier molecular flexibility index (Phi) is 7.81. The summed E-state index contributed by atoms with van der Waals surface area (Å²) in [6.07, 6.45) is 4.43. The third-order valence-electron chi connectivity index (χ3n) is 6.14. The summed E-state index contributed by atoms with van der Waals surface area (Å²) in [6.45, 7) is 1.25. The largest absolute Gasteiger partial charge is 0.497 e. The number of nitrogens with one attached hydrogen (secondary N) is 1. The highest BCUT2D eigenvalue weighted by Crippen LogP contribution is 2.28. The van der Waals surface area contributed by atoms with Crippen molar-refractivity contribution >= 4 is 28.7 Å². The van der Waals surface area contributed by atoms with Crippen molar-refractivity contribution in [2.45, 2.75) is 23.9 Å². The molecule has 5 rings (SSSR count). The molecule has 0 aliphatic rings. The summed E-state index contributed by atoms with van der Waals surface area (Å²) in [4.78, 5) is 21.8. The molecule has 1 amide bonds. The van der Waals surface area contributed by atoms with Gasteiger partial charge in [0.2, 0.25) is 0 Å². The van der Waals surface area contributed by atoms with Crippen LogP contribution >= 0.6 is 11.8 Å². The van der Waals surface area contributed by atoms with Crippen LogP contribution in [0.5, 0.6) is 5.75 Å². The second-order valence-corrected chi connectivity index (χ2v) is 9.61. The summed E-state index contributed by atoms with van der Waals surface area (Å²) in [5.41, 5.74) is 6.06. The zero-order chi connectivity index (χ0) is 25.5. The van der Waals surface area contributed by atoms with Crippen LogP contribution in [0, 0.1) is 0 Å². The van der Waals surface area contributed by atoms with Gasteiger partial charge in [0, 0.05) is 24.1 Å². The maximum atomic E-state index is 12.6. The van der Waals surface area contributed by atoms with Crippen LogP contribution in [-0.4, -0.2) is 34.1 Å². The summed E-state index contributed by atoms with van der Waals surface area (Å²) in [5, 5.41) is 3.94. The average molecular weight is 509 g/mol. The lowest BCUT2D eigenvalue weighted by molar-refractivity contribution is 0.0954. The maximum Gasteiger partial charge on any atom is 0.251 e. The minimum absolute atomic E-state index is 0.0597. The molecule has 0 saturated carbocycles. The van der Waals surface area contributed by atoms with Gasteiger partial charge < -0.3 is 14.6 Å². The van der Waals surface area contributed by atoms with Crippen molar-refractivity contribution < 1.29 is 9.53 Å². The Morgan fingerprint density at radius 1 is 0.919 bits per heavy atom. The van der Waals surface area contributed by atoms with Crippen LogP contribution in [0.3, 0.4) is 0 Å². The van der Waals surface area contributed by atoms with Gasteiger partial charge in [-0.15, -0.1) is 0 Å². The van der Waals surface area contributed by atoms with Crippen molar-refractivity contribution in [1.29, 1.82) is 0 Å². The van der Waals surface area contributed by atoms with Crippen molar-refractivity contribution in [2.24, 2.45) is 0 Å². The number of imidazole rings is 1. The molecule has 0 fully saturated rings. The van der Waals surface area contributed by atoms with Crippen LogP contribution in [-0.2, 0) is 18.7 Å². The number of methoxy groups -OCH3 is 1. The number of ether oxygens (including phenoxy) is 1.